The summed E-state index contributed by atoms with van der Waals surface area (Å²) < 4.78 is 0. The third kappa shape index (κ3) is 3.28. The van der Waals surface area contributed by atoms with Crippen LogP contribution >= 0.6 is 0 Å². The number of hydrogen-bond donors (Lipinski definition) is 1. The molecule has 2 nitrogen and oxygen atoms in total. The molecule has 1 N–H and O–H groups in total. The van der Waals surface area contributed by atoms with E-state index in [2.05, 4.69) is 30.7 Å². The van der Waals surface area contributed by atoms with Crippen molar-refractivity contribution in [2.24, 2.45) is 0 Å². The Morgan fingerprint density at radius 2 is 1.85 bits per heavy atom. The summed E-state index contributed by atoms with van der Waals surface area (Å²) in [4.78, 5) is 7.27. The maximum absolute atomic E-state index is 4.03. The van der Waals surface area contributed by atoms with Crippen LogP contribution in [0.4, 0.5) is 0 Å². The highest BCUT2D eigenvalue weighted by molar-refractivity contribution is 5.09. The monoisotopic (exact) mass is 176 g/mol. The van der Waals surface area contributed by atoms with E-state index in [4.69, 9.17) is 0 Å². The molecular weight excluding hydrogens is 160 g/mol. The summed E-state index contributed by atoms with van der Waals surface area (Å²) in [5, 5.41) is 0. The molecule has 13 heavy (non-hydrogen) atoms. The van der Waals surface area contributed by atoms with Crippen molar-refractivity contribution in [2.45, 2.75) is 26.2 Å². The van der Waals surface area contributed by atoms with Gasteiger partial charge in [0, 0.05) is 29.7 Å². The SMILES string of the molecule is CC(C)(C)c1cccnccc[nH]1. The van der Waals surface area contributed by atoms with Crippen molar-refractivity contribution >= 4 is 0 Å². The zero-order chi connectivity index (χ0) is 9.73. The number of rotatable bonds is 0. The fraction of sp³-hybridized carbons (Fsp3) is 0.364. The molecule has 0 spiro atoms. The van der Waals surface area contributed by atoms with Gasteiger partial charge in [0.25, 0.3) is 0 Å². The van der Waals surface area contributed by atoms with Crippen molar-refractivity contribution in [3.8, 4) is 0 Å². The van der Waals surface area contributed by atoms with Crippen LogP contribution in [0.1, 0.15) is 26.5 Å². The largest absolute Gasteiger partial charge is 0.365 e. The van der Waals surface area contributed by atoms with Crippen LogP contribution in [0.15, 0.2) is 36.8 Å². The summed E-state index contributed by atoms with van der Waals surface area (Å²) in [6.07, 6.45) is 5.43. The molecule has 0 amide bonds. The van der Waals surface area contributed by atoms with Crippen LogP contribution in [-0.4, -0.2) is 9.97 Å². The minimum atomic E-state index is 0.138. The van der Waals surface area contributed by atoms with E-state index in [1.165, 1.54) is 5.69 Å². The summed E-state index contributed by atoms with van der Waals surface area (Å²) in [5.74, 6) is 0. The van der Waals surface area contributed by atoms with E-state index in [-0.39, 0.29) is 5.41 Å². The van der Waals surface area contributed by atoms with Gasteiger partial charge in [-0.2, -0.15) is 0 Å². The molecule has 1 aromatic heterocycles. The van der Waals surface area contributed by atoms with Crippen molar-refractivity contribution < 1.29 is 0 Å². The summed E-state index contributed by atoms with van der Waals surface area (Å²) in [7, 11) is 0. The van der Waals surface area contributed by atoms with Crippen LogP contribution in [-0.2, 0) is 5.41 Å². The maximum atomic E-state index is 4.03. The van der Waals surface area contributed by atoms with E-state index in [9.17, 15) is 0 Å². The normalized spacial score (nSPS) is 10.7. The number of aromatic amines is 1. The molecule has 70 valence electrons. The van der Waals surface area contributed by atoms with Gasteiger partial charge in [0.15, 0.2) is 0 Å². The Hall–Kier alpha value is -1.31. The first-order valence-corrected chi connectivity index (χ1v) is 4.43. The van der Waals surface area contributed by atoms with Gasteiger partial charge in [0.05, 0.1) is 0 Å². The first-order valence-electron chi connectivity index (χ1n) is 4.43. The molecule has 0 aliphatic heterocycles. The highest BCUT2D eigenvalue weighted by Crippen LogP contribution is 2.17. The minimum absolute atomic E-state index is 0.138. The summed E-state index contributed by atoms with van der Waals surface area (Å²) >= 11 is 0. The number of nitrogens with zero attached hydrogens (tertiary/aromatic N) is 1. The average molecular weight is 176 g/mol. The molecule has 0 unspecified atom stereocenters. The first-order chi connectivity index (χ1) is 6.11. The molecule has 0 aliphatic carbocycles. The Balaban J connectivity index is 3.20. The van der Waals surface area contributed by atoms with Gasteiger partial charge in [-0.3, -0.25) is 4.98 Å². The fourth-order valence-corrected chi connectivity index (χ4v) is 0.984. The third-order valence-corrected chi connectivity index (χ3v) is 1.75. The molecule has 0 saturated heterocycles. The molecule has 1 rings (SSSR count). The summed E-state index contributed by atoms with van der Waals surface area (Å²) in [6, 6.07) is 5.87. The molecule has 0 aliphatic rings. The second-order valence-electron chi connectivity index (χ2n) is 3.97. The van der Waals surface area contributed by atoms with Gasteiger partial charge in [0.2, 0.25) is 0 Å². The number of hydrogen-bond acceptors (Lipinski definition) is 1. The molecule has 0 radical (unpaired) electrons. The third-order valence-electron chi connectivity index (χ3n) is 1.75. The summed E-state index contributed by atoms with van der Waals surface area (Å²) in [6.45, 7) is 6.52. The van der Waals surface area contributed by atoms with Crippen LogP contribution in [0.5, 0.6) is 0 Å². The van der Waals surface area contributed by atoms with Gasteiger partial charge in [-0.15, -0.1) is 0 Å². The molecule has 1 aromatic rings. The second-order valence-corrected chi connectivity index (χ2v) is 3.97. The van der Waals surface area contributed by atoms with Gasteiger partial charge in [0.1, 0.15) is 0 Å². The number of nitrogens with one attached hydrogen (secondary N) is 1. The quantitative estimate of drug-likeness (QED) is 0.647. The topological polar surface area (TPSA) is 28.7 Å². The van der Waals surface area contributed by atoms with Gasteiger partial charge >= 0.3 is 0 Å². The van der Waals surface area contributed by atoms with Crippen molar-refractivity contribution in [2.75, 3.05) is 0 Å². The molecule has 2 heteroatoms. The van der Waals surface area contributed by atoms with E-state index in [0.717, 1.165) is 0 Å². The Labute approximate surface area is 79.4 Å². The average Bonchev–Trinajstić information content (AvgIpc) is 2.14. The Morgan fingerprint density at radius 3 is 2.54 bits per heavy atom. The van der Waals surface area contributed by atoms with Gasteiger partial charge < -0.3 is 4.98 Å². The first kappa shape index (κ1) is 9.78. The summed E-state index contributed by atoms with van der Waals surface area (Å²) in [5.41, 5.74) is 1.32. The predicted molar refractivity (Wildman–Crippen MR) is 54.9 cm³/mol. The molecule has 0 aromatic carbocycles. The van der Waals surface area contributed by atoms with E-state index in [1.54, 1.807) is 12.4 Å². The molecular formula is C11H16N2. The molecule has 1 heterocycles. The highest BCUT2D eigenvalue weighted by atomic mass is 14.7. The Kier molecular flexibility index (Phi) is 3.07. The molecule has 0 saturated carbocycles. The lowest BCUT2D eigenvalue weighted by Crippen LogP contribution is -2.11. The van der Waals surface area contributed by atoms with E-state index < -0.39 is 0 Å². The van der Waals surface area contributed by atoms with Crippen molar-refractivity contribution in [3.63, 3.8) is 0 Å². The van der Waals surface area contributed by atoms with Crippen LogP contribution < -0.4 is 0 Å². The van der Waals surface area contributed by atoms with E-state index in [0.29, 0.717) is 0 Å². The van der Waals surface area contributed by atoms with E-state index >= 15 is 0 Å². The number of H-pyrrole nitrogens is 1. The van der Waals surface area contributed by atoms with Gasteiger partial charge in [-0.1, -0.05) is 20.8 Å². The van der Waals surface area contributed by atoms with Crippen LogP contribution in [0.3, 0.4) is 0 Å². The van der Waals surface area contributed by atoms with Crippen LogP contribution in [0.2, 0.25) is 0 Å². The van der Waals surface area contributed by atoms with E-state index in [1.807, 2.05) is 24.4 Å². The highest BCUT2D eigenvalue weighted by Gasteiger charge is 2.11. The standard InChI is InChI=1S/C11H16N2/c1-11(2,3)10-6-4-7-12-8-5-9-13-10/h4-9,13H,1-3H3. The smallest absolute Gasteiger partial charge is 0.0282 e. The van der Waals surface area contributed by atoms with Crippen molar-refractivity contribution in [3.05, 3.63) is 42.5 Å². The molecule has 0 bridgehead atoms. The van der Waals surface area contributed by atoms with Gasteiger partial charge in [-0.25, -0.2) is 0 Å². The second kappa shape index (κ2) is 4.08. The van der Waals surface area contributed by atoms with Gasteiger partial charge in [-0.05, 0) is 18.2 Å². The van der Waals surface area contributed by atoms with Crippen molar-refractivity contribution in [1.29, 1.82) is 0 Å². The van der Waals surface area contributed by atoms with Crippen molar-refractivity contribution in [1.82, 2.24) is 9.97 Å². The fourth-order valence-electron chi connectivity index (χ4n) is 0.984. The lowest BCUT2D eigenvalue weighted by molar-refractivity contribution is 0.570. The number of aromatic nitrogens is 2. The molecule has 0 atom stereocenters. The molecule has 0 fully saturated rings. The Morgan fingerprint density at radius 1 is 1.15 bits per heavy atom. The minimum Gasteiger partial charge on any atom is -0.365 e. The zero-order valence-corrected chi connectivity index (χ0v) is 8.41. The lowest BCUT2D eigenvalue weighted by Gasteiger charge is -2.16. The Bertz CT molecular complexity index is 282. The lowest BCUT2D eigenvalue weighted by atomic mass is 9.92. The predicted octanol–water partition coefficient (Wildman–Crippen LogP) is 2.83. The maximum Gasteiger partial charge on any atom is 0.0282 e. The van der Waals surface area contributed by atoms with Crippen LogP contribution in [0.25, 0.3) is 0 Å². The zero-order valence-electron chi connectivity index (χ0n) is 8.41. The van der Waals surface area contributed by atoms with Crippen LogP contribution in [0, 0.1) is 0 Å².